The first-order valence-corrected chi connectivity index (χ1v) is 6.96. The predicted octanol–water partition coefficient (Wildman–Crippen LogP) is 2.20. The van der Waals surface area contributed by atoms with Gasteiger partial charge in [-0.2, -0.15) is 0 Å². The average molecular weight is 283 g/mol. The molecule has 1 aliphatic heterocycles. The van der Waals surface area contributed by atoms with E-state index in [0.717, 1.165) is 5.69 Å². The van der Waals surface area contributed by atoms with Crippen molar-refractivity contribution < 1.29 is 19.0 Å². The van der Waals surface area contributed by atoms with Crippen molar-refractivity contribution in [2.45, 2.75) is 39.1 Å². The van der Waals surface area contributed by atoms with Crippen LogP contribution in [0.5, 0.6) is 5.75 Å². The van der Waals surface area contributed by atoms with E-state index >= 15 is 0 Å². The van der Waals surface area contributed by atoms with Crippen LogP contribution in [0.2, 0.25) is 0 Å². The number of aliphatic hydroxyl groups is 1. The first kappa shape index (κ1) is 15.1. The summed E-state index contributed by atoms with van der Waals surface area (Å²) in [4.78, 5) is 2.01. The normalized spacial score (nSPS) is 19.7. The van der Waals surface area contributed by atoms with Crippen LogP contribution in [0.4, 0.5) is 10.1 Å². The van der Waals surface area contributed by atoms with Gasteiger partial charge in [0.15, 0.2) is 0 Å². The molecule has 2 atom stereocenters. The number of ether oxygens (including phenoxy) is 2. The van der Waals surface area contributed by atoms with Gasteiger partial charge in [0.1, 0.15) is 17.7 Å². The number of anilines is 1. The molecule has 5 heteroatoms. The van der Waals surface area contributed by atoms with Crippen molar-refractivity contribution in [1.82, 2.24) is 0 Å². The Balaban J connectivity index is 2.05. The lowest BCUT2D eigenvalue weighted by atomic mass is 10.1. The van der Waals surface area contributed by atoms with Crippen molar-refractivity contribution in [2.75, 3.05) is 24.6 Å². The molecule has 0 saturated carbocycles. The van der Waals surface area contributed by atoms with Gasteiger partial charge in [-0.3, -0.25) is 0 Å². The van der Waals surface area contributed by atoms with E-state index in [9.17, 15) is 9.50 Å². The summed E-state index contributed by atoms with van der Waals surface area (Å²) in [5, 5.41) is 10.0. The van der Waals surface area contributed by atoms with Crippen molar-refractivity contribution in [3.63, 3.8) is 0 Å². The standard InChI is InChI=1S/C15H22FNO3/c1-10(2)19-9-13(18)8-17-7-11(3)20-15-6-12(16)4-5-14(15)17/h4-6,10-11,13,18H,7-9H2,1-3H3. The van der Waals surface area contributed by atoms with Gasteiger partial charge >= 0.3 is 0 Å². The molecule has 0 aromatic heterocycles. The summed E-state index contributed by atoms with van der Waals surface area (Å²) in [6.07, 6.45) is -0.530. The number of aliphatic hydroxyl groups excluding tert-OH is 1. The molecule has 1 heterocycles. The van der Waals surface area contributed by atoms with Crippen molar-refractivity contribution in [3.05, 3.63) is 24.0 Å². The molecule has 0 radical (unpaired) electrons. The molecule has 0 fully saturated rings. The van der Waals surface area contributed by atoms with Gasteiger partial charge in [0.05, 0.1) is 31.0 Å². The summed E-state index contributed by atoms with van der Waals surface area (Å²) in [5.74, 6) is 0.210. The number of hydrogen-bond acceptors (Lipinski definition) is 4. The van der Waals surface area contributed by atoms with Crippen molar-refractivity contribution in [3.8, 4) is 5.75 Å². The summed E-state index contributed by atoms with van der Waals surface area (Å²) in [5.41, 5.74) is 0.813. The third kappa shape index (κ3) is 3.84. The molecule has 0 aliphatic carbocycles. The second-order valence-electron chi connectivity index (χ2n) is 5.48. The monoisotopic (exact) mass is 283 g/mol. The van der Waals surface area contributed by atoms with Gasteiger partial charge in [0.25, 0.3) is 0 Å². The molecule has 1 N–H and O–H groups in total. The van der Waals surface area contributed by atoms with E-state index in [1.165, 1.54) is 12.1 Å². The van der Waals surface area contributed by atoms with E-state index < -0.39 is 6.10 Å². The Labute approximate surface area is 119 Å². The minimum Gasteiger partial charge on any atom is -0.487 e. The van der Waals surface area contributed by atoms with E-state index in [0.29, 0.717) is 25.4 Å². The number of benzene rings is 1. The summed E-state index contributed by atoms with van der Waals surface area (Å²) >= 11 is 0. The maximum atomic E-state index is 13.3. The van der Waals surface area contributed by atoms with Crippen LogP contribution >= 0.6 is 0 Å². The first-order valence-electron chi connectivity index (χ1n) is 6.96. The Morgan fingerprint density at radius 2 is 2.25 bits per heavy atom. The largest absolute Gasteiger partial charge is 0.487 e. The van der Waals surface area contributed by atoms with E-state index in [-0.39, 0.29) is 18.0 Å². The topological polar surface area (TPSA) is 41.9 Å². The summed E-state index contributed by atoms with van der Waals surface area (Å²) < 4.78 is 24.3. The molecular formula is C15H22FNO3. The van der Waals surface area contributed by atoms with E-state index in [1.807, 2.05) is 25.7 Å². The maximum absolute atomic E-state index is 13.3. The van der Waals surface area contributed by atoms with Crippen LogP contribution in [0, 0.1) is 5.82 Å². The Hall–Kier alpha value is -1.33. The molecule has 1 aliphatic rings. The third-order valence-corrected chi connectivity index (χ3v) is 3.12. The number of fused-ring (bicyclic) bond motifs is 1. The molecule has 1 aromatic carbocycles. The molecular weight excluding hydrogens is 261 g/mol. The highest BCUT2D eigenvalue weighted by molar-refractivity contribution is 5.60. The number of rotatable bonds is 5. The lowest BCUT2D eigenvalue weighted by molar-refractivity contribution is 0.00805. The molecule has 1 aromatic rings. The molecule has 20 heavy (non-hydrogen) atoms. The Kier molecular flexibility index (Phi) is 4.83. The van der Waals surface area contributed by atoms with Crippen LogP contribution in [0.3, 0.4) is 0 Å². The predicted molar refractivity (Wildman–Crippen MR) is 75.8 cm³/mol. The number of hydrogen-bond donors (Lipinski definition) is 1. The molecule has 2 unspecified atom stereocenters. The maximum Gasteiger partial charge on any atom is 0.146 e. The zero-order valence-corrected chi connectivity index (χ0v) is 12.2. The quantitative estimate of drug-likeness (QED) is 0.899. The summed E-state index contributed by atoms with van der Waals surface area (Å²) in [6.45, 7) is 7.19. The van der Waals surface area contributed by atoms with Gasteiger partial charge in [-0.05, 0) is 32.9 Å². The zero-order chi connectivity index (χ0) is 14.7. The molecule has 2 rings (SSSR count). The Bertz CT molecular complexity index is 453. The van der Waals surface area contributed by atoms with Gasteiger partial charge in [-0.1, -0.05) is 0 Å². The lowest BCUT2D eigenvalue weighted by Gasteiger charge is -2.36. The SMILES string of the molecule is CC(C)OCC(O)CN1CC(C)Oc2cc(F)ccc21. The first-order chi connectivity index (χ1) is 9.45. The number of nitrogens with zero attached hydrogens (tertiary/aromatic N) is 1. The van der Waals surface area contributed by atoms with Gasteiger partial charge in [0, 0.05) is 12.6 Å². The van der Waals surface area contributed by atoms with Crippen LogP contribution < -0.4 is 9.64 Å². The number of halogens is 1. The molecule has 0 spiro atoms. The minimum atomic E-state index is -0.583. The molecule has 0 bridgehead atoms. The van der Waals surface area contributed by atoms with Gasteiger partial charge < -0.3 is 19.5 Å². The Morgan fingerprint density at radius 3 is 2.95 bits per heavy atom. The second kappa shape index (κ2) is 6.41. The minimum absolute atomic E-state index is 0.0393. The molecule has 0 saturated heterocycles. The van der Waals surface area contributed by atoms with Crippen LogP contribution in [0.15, 0.2) is 18.2 Å². The number of β-amino-alcohol motifs (C(OH)–C–C–N with tert-alkyl or cyclic N) is 1. The van der Waals surface area contributed by atoms with Crippen molar-refractivity contribution >= 4 is 5.69 Å². The zero-order valence-electron chi connectivity index (χ0n) is 12.2. The van der Waals surface area contributed by atoms with Crippen molar-refractivity contribution in [2.24, 2.45) is 0 Å². The molecule has 0 amide bonds. The third-order valence-electron chi connectivity index (χ3n) is 3.12. The van der Waals surface area contributed by atoms with Crippen LogP contribution in [0.1, 0.15) is 20.8 Å². The average Bonchev–Trinajstić information content (AvgIpc) is 2.35. The van der Waals surface area contributed by atoms with Gasteiger partial charge in [-0.25, -0.2) is 4.39 Å². The van der Waals surface area contributed by atoms with Gasteiger partial charge in [-0.15, -0.1) is 0 Å². The molecule has 112 valence electrons. The fraction of sp³-hybridized carbons (Fsp3) is 0.600. The summed E-state index contributed by atoms with van der Waals surface area (Å²) in [7, 11) is 0. The fourth-order valence-electron chi connectivity index (χ4n) is 2.29. The van der Waals surface area contributed by atoms with E-state index in [4.69, 9.17) is 9.47 Å². The summed E-state index contributed by atoms with van der Waals surface area (Å²) in [6, 6.07) is 4.48. The van der Waals surface area contributed by atoms with E-state index in [1.54, 1.807) is 6.07 Å². The highest BCUT2D eigenvalue weighted by Gasteiger charge is 2.25. The van der Waals surface area contributed by atoms with Crippen LogP contribution in [-0.2, 0) is 4.74 Å². The van der Waals surface area contributed by atoms with Crippen molar-refractivity contribution in [1.29, 1.82) is 0 Å². The second-order valence-corrected chi connectivity index (χ2v) is 5.48. The smallest absolute Gasteiger partial charge is 0.146 e. The van der Waals surface area contributed by atoms with Crippen LogP contribution in [0.25, 0.3) is 0 Å². The highest BCUT2D eigenvalue weighted by atomic mass is 19.1. The Morgan fingerprint density at radius 1 is 1.50 bits per heavy atom. The van der Waals surface area contributed by atoms with Gasteiger partial charge in [0.2, 0.25) is 0 Å². The van der Waals surface area contributed by atoms with E-state index in [2.05, 4.69) is 0 Å². The van der Waals surface area contributed by atoms with Crippen LogP contribution in [-0.4, -0.2) is 43.1 Å². The highest BCUT2D eigenvalue weighted by Crippen LogP contribution is 2.33. The fourth-order valence-corrected chi connectivity index (χ4v) is 2.29. The molecule has 4 nitrogen and oxygen atoms in total. The lowest BCUT2D eigenvalue weighted by Crippen LogP contribution is -2.43.